The molecule has 1 fully saturated rings. The highest BCUT2D eigenvalue weighted by Gasteiger charge is 2.19. The second kappa shape index (κ2) is 6.84. The number of carbonyl (C=O) groups excluding carboxylic acids is 1. The number of likely N-dealkylation sites (tertiary alicyclic amines) is 1. The zero-order valence-electron chi connectivity index (χ0n) is 11.3. The van der Waals surface area contributed by atoms with Gasteiger partial charge in [0, 0.05) is 38.0 Å². The van der Waals surface area contributed by atoms with E-state index in [9.17, 15) is 9.59 Å². The molecule has 1 aliphatic rings. The first-order valence-corrected chi connectivity index (χ1v) is 6.74. The van der Waals surface area contributed by atoms with E-state index >= 15 is 0 Å². The molecule has 1 aromatic heterocycles. The summed E-state index contributed by atoms with van der Waals surface area (Å²) in [6.45, 7) is 1.23. The molecule has 0 spiro atoms. The van der Waals surface area contributed by atoms with Gasteiger partial charge in [0.05, 0.1) is 0 Å². The lowest BCUT2D eigenvalue weighted by atomic mass is 10.0. The minimum atomic E-state index is -0.906. The fourth-order valence-electron chi connectivity index (χ4n) is 2.32. The molecule has 0 atom stereocenters. The Morgan fingerprint density at radius 2 is 2.10 bits per heavy atom. The molecule has 2 heterocycles. The van der Waals surface area contributed by atoms with E-state index in [0.717, 1.165) is 11.1 Å². The molecule has 0 bridgehead atoms. The third-order valence-corrected chi connectivity index (χ3v) is 3.44. The molecule has 0 aromatic carbocycles. The smallest absolute Gasteiger partial charge is 0.328 e. The summed E-state index contributed by atoms with van der Waals surface area (Å²) in [5.74, 6) is -0.778. The summed E-state index contributed by atoms with van der Waals surface area (Å²) in [6.07, 6.45) is 7.24. The van der Waals surface area contributed by atoms with Crippen LogP contribution in [0.25, 0.3) is 0 Å². The zero-order chi connectivity index (χ0) is 14.4. The predicted molar refractivity (Wildman–Crippen MR) is 74.1 cm³/mol. The van der Waals surface area contributed by atoms with E-state index in [-0.39, 0.29) is 5.91 Å². The second-order valence-electron chi connectivity index (χ2n) is 4.88. The summed E-state index contributed by atoms with van der Waals surface area (Å²) in [4.78, 5) is 28.5. The van der Waals surface area contributed by atoms with Gasteiger partial charge in [0.1, 0.15) is 0 Å². The lowest BCUT2D eigenvalue weighted by Crippen LogP contribution is -2.36. The predicted octanol–water partition coefficient (Wildman–Crippen LogP) is 1.65. The van der Waals surface area contributed by atoms with Crippen LogP contribution in [-0.2, 0) is 16.0 Å². The number of nitrogens with zero attached hydrogens (tertiary/aromatic N) is 2. The van der Waals surface area contributed by atoms with Crippen molar-refractivity contribution in [2.45, 2.75) is 25.7 Å². The summed E-state index contributed by atoms with van der Waals surface area (Å²) in [7, 11) is 0. The zero-order valence-corrected chi connectivity index (χ0v) is 11.3. The van der Waals surface area contributed by atoms with Crippen molar-refractivity contribution < 1.29 is 14.7 Å². The lowest BCUT2D eigenvalue weighted by Gasteiger charge is -2.28. The van der Waals surface area contributed by atoms with Gasteiger partial charge in [-0.05, 0) is 30.9 Å². The minimum Gasteiger partial charge on any atom is -0.478 e. The van der Waals surface area contributed by atoms with E-state index in [1.54, 1.807) is 12.4 Å². The first-order chi connectivity index (χ1) is 9.65. The van der Waals surface area contributed by atoms with Crippen molar-refractivity contribution in [3.05, 3.63) is 41.7 Å². The first-order valence-electron chi connectivity index (χ1n) is 6.74. The SMILES string of the molecule is O=C(O)C=C1CCN(C(=O)CCc2cccnc2)CC1. The fraction of sp³-hybridized carbons (Fsp3) is 0.400. The Hall–Kier alpha value is -2.17. The minimum absolute atomic E-state index is 0.128. The highest BCUT2D eigenvalue weighted by Crippen LogP contribution is 2.17. The van der Waals surface area contributed by atoms with Crippen LogP contribution in [0.1, 0.15) is 24.8 Å². The van der Waals surface area contributed by atoms with Crippen LogP contribution >= 0.6 is 0 Å². The van der Waals surface area contributed by atoms with Crippen LogP contribution in [0, 0.1) is 0 Å². The highest BCUT2D eigenvalue weighted by atomic mass is 16.4. The molecule has 2 rings (SSSR count). The Morgan fingerprint density at radius 3 is 2.70 bits per heavy atom. The molecule has 1 N–H and O–H groups in total. The van der Waals surface area contributed by atoms with Gasteiger partial charge >= 0.3 is 5.97 Å². The topological polar surface area (TPSA) is 70.5 Å². The third kappa shape index (κ3) is 4.19. The molecule has 5 heteroatoms. The first kappa shape index (κ1) is 14.2. The molecule has 0 saturated carbocycles. The molecule has 0 aliphatic carbocycles. The van der Waals surface area contributed by atoms with Gasteiger partial charge in [0.15, 0.2) is 0 Å². The van der Waals surface area contributed by atoms with Gasteiger partial charge in [0.25, 0.3) is 0 Å². The van der Waals surface area contributed by atoms with Crippen molar-refractivity contribution in [1.82, 2.24) is 9.88 Å². The molecule has 1 amide bonds. The van der Waals surface area contributed by atoms with Crippen LogP contribution in [0.5, 0.6) is 0 Å². The molecule has 5 nitrogen and oxygen atoms in total. The number of carboxylic acids is 1. The van der Waals surface area contributed by atoms with E-state index < -0.39 is 5.97 Å². The van der Waals surface area contributed by atoms with Crippen molar-refractivity contribution in [3.63, 3.8) is 0 Å². The van der Waals surface area contributed by atoms with Crippen molar-refractivity contribution in [3.8, 4) is 0 Å². The molecule has 0 radical (unpaired) electrons. The van der Waals surface area contributed by atoms with Crippen LogP contribution in [0.15, 0.2) is 36.2 Å². The van der Waals surface area contributed by atoms with Gasteiger partial charge in [-0.1, -0.05) is 11.6 Å². The molecule has 106 valence electrons. The van der Waals surface area contributed by atoms with Crippen LogP contribution in [0.2, 0.25) is 0 Å². The maximum Gasteiger partial charge on any atom is 0.328 e. The number of aliphatic carboxylic acids is 1. The number of pyridine rings is 1. The molecule has 1 saturated heterocycles. The monoisotopic (exact) mass is 274 g/mol. The van der Waals surface area contributed by atoms with Crippen molar-refractivity contribution in [2.24, 2.45) is 0 Å². The number of aryl methyl sites for hydroxylation is 1. The van der Waals surface area contributed by atoms with Gasteiger partial charge in [0.2, 0.25) is 5.91 Å². The van der Waals surface area contributed by atoms with Gasteiger partial charge in [-0.15, -0.1) is 0 Å². The Labute approximate surface area is 117 Å². The summed E-state index contributed by atoms with van der Waals surface area (Å²) < 4.78 is 0. The molecule has 20 heavy (non-hydrogen) atoms. The largest absolute Gasteiger partial charge is 0.478 e. The lowest BCUT2D eigenvalue weighted by molar-refractivity contribution is -0.131. The number of hydrogen-bond donors (Lipinski definition) is 1. The summed E-state index contributed by atoms with van der Waals surface area (Å²) in [6, 6.07) is 3.83. The Morgan fingerprint density at radius 1 is 1.35 bits per heavy atom. The normalized spacial score (nSPS) is 15.0. The van der Waals surface area contributed by atoms with Crippen molar-refractivity contribution in [1.29, 1.82) is 0 Å². The third-order valence-electron chi connectivity index (χ3n) is 3.44. The maximum absolute atomic E-state index is 12.1. The number of aromatic nitrogens is 1. The van der Waals surface area contributed by atoms with Gasteiger partial charge in [-0.3, -0.25) is 9.78 Å². The average molecular weight is 274 g/mol. The number of rotatable bonds is 4. The molecular formula is C15H18N2O3. The van der Waals surface area contributed by atoms with Crippen LogP contribution in [-0.4, -0.2) is 40.0 Å². The Kier molecular flexibility index (Phi) is 4.87. The number of carboxylic acid groups (broad SMARTS) is 1. The van der Waals surface area contributed by atoms with Gasteiger partial charge in [-0.25, -0.2) is 4.79 Å². The van der Waals surface area contributed by atoms with E-state index in [1.165, 1.54) is 6.08 Å². The number of carbonyl (C=O) groups is 2. The highest BCUT2D eigenvalue weighted by molar-refractivity contribution is 5.81. The standard InChI is InChI=1S/C15H18N2O3/c18-14(4-3-13-2-1-7-16-11-13)17-8-5-12(6-9-17)10-15(19)20/h1-2,7,10-11H,3-6,8-9H2,(H,19,20). The molecular weight excluding hydrogens is 256 g/mol. The quantitative estimate of drug-likeness (QED) is 0.847. The second-order valence-corrected chi connectivity index (χ2v) is 4.88. The maximum atomic E-state index is 12.1. The molecule has 1 aromatic rings. The van der Waals surface area contributed by atoms with Crippen LogP contribution in [0.4, 0.5) is 0 Å². The Balaban J connectivity index is 1.79. The number of piperidine rings is 1. The van der Waals surface area contributed by atoms with Crippen LogP contribution < -0.4 is 0 Å². The van der Waals surface area contributed by atoms with Crippen LogP contribution in [0.3, 0.4) is 0 Å². The summed E-state index contributed by atoms with van der Waals surface area (Å²) >= 11 is 0. The number of amides is 1. The average Bonchev–Trinajstić information content (AvgIpc) is 2.46. The molecule has 1 aliphatic heterocycles. The van der Waals surface area contributed by atoms with Crippen molar-refractivity contribution >= 4 is 11.9 Å². The van der Waals surface area contributed by atoms with Gasteiger partial charge < -0.3 is 10.0 Å². The molecule has 0 unspecified atom stereocenters. The Bertz CT molecular complexity index is 501. The van der Waals surface area contributed by atoms with E-state index in [2.05, 4.69) is 4.98 Å². The van der Waals surface area contributed by atoms with Gasteiger partial charge in [-0.2, -0.15) is 0 Å². The number of hydrogen-bond acceptors (Lipinski definition) is 3. The van der Waals surface area contributed by atoms with E-state index in [4.69, 9.17) is 5.11 Å². The van der Waals surface area contributed by atoms with E-state index in [0.29, 0.717) is 38.8 Å². The fourth-order valence-corrected chi connectivity index (χ4v) is 2.32. The van der Waals surface area contributed by atoms with Crippen molar-refractivity contribution in [2.75, 3.05) is 13.1 Å². The van der Waals surface area contributed by atoms with E-state index in [1.807, 2.05) is 17.0 Å². The summed E-state index contributed by atoms with van der Waals surface area (Å²) in [5, 5.41) is 8.69. The summed E-state index contributed by atoms with van der Waals surface area (Å²) in [5.41, 5.74) is 1.97.